The summed E-state index contributed by atoms with van der Waals surface area (Å²) in [5.74, 6) is -0.697. The van der Waals surface area contributed by atoms with E-state index in [0.29, 0.717) is 23.9 Å². The molecule has 2 rings (SSSR count). The SMILES string of the molecule is CCCN(CC(=O)O)CC(=O)Nc1ccnn1Cc1ccccc1Cl. The molecule has 0 aliphatic rings. The van der Waals surface area contributed by atoms with E-state index in [1.807, 2.05) is 25.1 Å². The second kappa shape index (κ2) is 9.19. The summed E-state index contributed by atoms with van der Waals surface area (Å²) in [5.41, 5.74) is 0.891. The zero-order valence-electron chi connectivity index (χ0n) is 14.0. The number of hydrogen-bond donors (Lipinski definition) is 2. The minimum absolute atomic E-state index is 0.0113. The Hall–Kier alpha value is -2.38. The van der Waals surface area contributed by atoms with Gasteiger partial charge in [0, 0.05) is 11.1 Å². The van der Waals surface area contributed by atoms with Gasteiger partial charge in [-0.3, -0.25) is 14.5 Å². The molecule has 8 heteroatoms. The Morgan fingerprint density at radius 2 is 2.04 bits per heavy atom. The lowest BCUT2D eigenvalue weighted by molar-refractivity contribution is -0.138. The molecule has 0 spiro atoms. The molecule has 25 heavy (non-hydrogen) atoms. The molecule has 0 aliphatic heterocycles. The van der Waals surface area contributed by atoms with Crippen LogP contribution in [-0.2, 0) is 16.1 Å². The van der Waals surface area contributed by atoms with E-state index in [1.54, 1.807) is 27.9 Å². The molecule has 0 fully saturated rings. The molecule has 0 atom stereocenters. The van der Waals surface area contributed by atoms with Crippen molar-refractivity contribution in [3.8, 4) is 0 Å². The van der Waals surface area contributed by atoms with Crippen molar-refractivity contribution in [2.45, 2.75) is 19.9 Å². The van der Waals surface area contributed by atoms with Crippen LogP contribution in [0, 0.1) is 0 Å². The number of aromatic nitrogens is 2. The minimum Gasteiger partial charge on any atom is -0.480 e. The van der Waals surface area contributed by atoms with Crippen molar-refractivity contribution >= 4 is 29.3 Å². The third kappa shape index (κ3) is 5.88. The number of carbonyl (C=O) groups excluding carboxylic acids is 1. The van der Waals surface area contributed by atoms with Gasteiger partial charge in [0.25, 0.3) is 0 Å². The number of benzene rings is 1. The van der Waals surface area contributed by atoms with E-state index in [4.69, 9.17) is 16.7 Å². The fraction of sp³-hybridized carbons (Fsp3) is 0.353. The summed E-state index contributed by atoms with van der Waals surface area (Å²) in [6, 6.07) is 9.12. The maximum atomic E-state index is 12.2. The summed E-state index contributed by atoms with van der Waals surface area (Å²) in [4.78, 5) is 24.7. The maximum Gasteiger partial charge on any atom is 0.317 e. The summed E-state index contributed by atoms with van der Waals surface area (Å²) in [5, 5.41) is 16.5. The van der Waals surface area contributed by atoms with Crippen molar-refractivity contribution in [3.63, 3.8) is 0 Å². The van der Waals surface area contributed by atoms with Gasteiger partial charge in [0.1, 0.15) is 5.82 Å². The second-order valence-corrected chi connectivity index (χ2v) is 6.03. The third-order valence-corrected chi connectivity index (χ3v) is 3.90. The Kier molecular flexibility index (Phi) is 6.97. The number of nitrogens with zero attached hydrogens (tertiary/aromatic N) is 3. The first-order chi connectivity index (χ1) is 12.0. The van der Waals surface area contributed by atoms with Crippen LogP contribution in [0.25, 0.3) is 0 Å². The molecule has 1 heterocycles. The van der Waals surface area contributed by atoms with Gasteiger partial charge in [-0.05, 0) is 24.6 Å². The second-order valence-electron chi connectivity index (χ2n) is 5.62. The summed E-state index contributed by atoms with van der Waals surface area (Å²) < 4.78 is 1.64. The van der Waals surface area contributed by atoms with E-state index in [-0.39, 0.29) is 19.0 Å². The monoisotopic (exact) mass is 364 g/mol. The minimum atomic E-state index is -0.954. The van der Waals surface area contributed by atoms with Crippen molar-refractivity contribution in [2.24, 2.45) is 0 Å². The molecular formula is C17H21ClN4O3. The molecule has 2 N–H and O–H groups in total. The van der Waals surface area contributed by atoms with Gasteiger partial charge in [-0.25, -0.2) is 4.68 Å². The van der Waals surface area contributed by atoms with E-state index >= 15 is 0 Å². The molecule has 0 unspecified atom stereocenters. The van der Waals surface area contributed by atoms with Crippen LogP contribution in [0.3, 0.4) is 0 Å². The molecule has 7 nitrogen and oxygen atoms in total. The summed E-state index contributed by atoms with van der Waals surface area (Å²) >= 11 is 6.16. The van der Waals surface area contributed by atoms with Crippen LogP contribution in [0.1, 0.15) is 18.9 Å². The van der Waals surface area contributed by atoms with Gasteiger partial charge in [0.2, 0.25) is 5.91 Å². The van der Waals surface area contributed by atoms with E-state index < -0.39 is 5.97 Å². The molecule has 0 saturated carbocycles. The first-order valence-electron chi connectivity index (χ1n) is 7.98. The number of aliphatic carboxylic acids is 1. The van der Waals surface area contributed by atoms with Crippen LogP contribution in [0.15, 0.2) is 36.5 Å². The van der Waals surface area contributed by atoms with Gasteiger partial charge < -0.3 is 10.4 Å². The van der Waals surface area contributed by atoms with Gasteiger partial charge in [-0.2, -0.15) is 5.10 Å². The van der Waals surface area contributed by atoms with Crippen LogP contribution in [0.4, 0.5) is 5.82 Å². The highest BCUT2D eigenvalue weighted by Gasteiger charge is 2.15. The van der Waals surface area contributed by atoms with Crippen molar-refractivity contribution in [2.75, 3.05) is 25.0 Å². The lowest BCUT2D eigenvalue weighted by atomic mass is 10.2. The van der Waals surface area contributed by atoms with E-state index in [2.05, 4.69) is 10.4 Å². The number of hydrogen-bond acceptors (Lipinski definition) is 4. The first kappa shape index (κ1) is 19.0. The molecular weight excluding hydrogens is 344 g/mol. The number of carboxylic acid groups (broad SMARTS) is 1. The Bertz CT molecular complexity index is 732. The van der Waals surface area contributed by atoms with Crippen molar-refractivity contribution < 1.29 is 14.7 Å². The molecule has 0 radical (unpaired) electrons. The zero-order chi connectivity index (χ0) is 18.2. The lowest BCUT2D eigenvalue weighted by Gasteiger charge is -2.19. The highest BCUT2D eigenvalue weighted by atomic mass is 35.5. The number of rotatable bonds is 9. The zero-order valence-corrected chi connectivity index (χ0v) is 14.7. The average molecular weight is 365 g/mol. The predicted octanol–water partition coefficient (Wildman–Crippen LogP) is 2.32. The number of anilines is 1. The summed E-state index contributed by atoms with van der Waals surface area (Å²) in [6.45, 7) is 2.75. The smallest absolute Gasteiger partial charge is 0.317 e. The molecule has 0 saturated heterocycles. The summed E-state index contributed by atoms with van der Waals surface area (Å²) in [6.07, 6.45) is 2.36. The van der Waals surface area contributed by atoms with Crippen LogP contribution in [0.2, 0.25) is 5.02 Å². The highest BCUT2D eigenvalue weighted by Crippen LogP contribution is 2.18. The molecule has 1 aromatic carbocycles. The molecule has 1 amide bonds. The Morgan fingerprint density at radius 1 is 1.28 bits per heavy atom. The maximum absolute atomic E-state index is 12.2. The normalized spacial score (nSPS) is 10.8. The van der Waals surface area contributed by atoms with Crippen LogP contribution < -0.4 is 5.32 Å². The van der Waals surface area contributed by atoms with E-state index in [9.17, 15) is 9.59 Å². The van der Waals surface area contributed by atoms with E-state index in [1.165, 1.54) is 0 Å². The average Bonchev–Trinajstić information content (AvgIpc) is 2.96. The fourth-order valence-electron chi connectivity index (χ4n) is 2.46. The Balaban J connectivity index is 2.01. The Labute approximate surface area is 151 Å². The number of carbonyl (C=O) groups is 2. The molecule has 0 aliphatic carbocycles. The number of amides is 1. The van der Waals surface area contributed by atoms with E-state index in [0.717, 1.165) is 12.0 Å². The number of carboxylic acids is 1. The van der Waals surface area contributed by atoms with Gasteiger partial charge in [-0.15, -0.1) is 0 Å². The topological polar surface area (TPSA) is 87.5 Å². The van der Waals surface area contributed by atoms with Gasteiger partial charge in [0.05, 0.1) is 25.8 Å². The first-order valence-corrected chi connectivity index (χ1v) is 8.36. The van der Waals surface area contributed by atoms with Gasteiger partial charge in [0.15, 0.2) is 0 Å². The van der Waals surface area contributed by atoms with Crippen molar-refractivity contribution in [1.29, 1.82) is 0 Å². The van der Waals surface area contributed by atoms with Crippen molar-refractivity contribution in [3.05, 3.63) is 47.1 Å². The van der Waals surface area contributed by atoms with Crippen molar-refractivity contribution in [1.82, 2.24) is 14.7 Å². The molecule has 2 aromatic rings. The molecule has 134 valence electrons. The molecule has 0 bridgehead atoms. The highest BCUT2D eigenvalue weighted by molar-refractivity contribution is 6.31. The third-order valence-electron chi connectivity index (χ3n) is 3.53. The van der Waals surface area contributed by atoms with Crippen LogP contribution in [-0.4, -0.2) is 51.3 Å². The largest absolute Gasteiger partial charge is 0.480 e. The van der Waals surface area contributed by atoms with Gasteiger partial charge in [-0.1, -0.05) is 36.7 Å². The van der Waals surface area contributed by atoms with Crippen LogP contribution in [0.5, 0.6) is 0 Å². The number of halogens is 1. The lowest BCUT2D eigenvalue weighted by Crippen LogP contribution is -2.37. The Morgan fingerprint density at radius 3 is 2.72 bits per heavy atom. The standard InChI is InChI=1S/C17H21ClN4O3/c1-2-9-21(12-17(24)25)11-16(23)20-15-7-8-19-22(15)10-13-5-3-4-6-14(13)18/h3-8H,2,9-12H2,1H3,(H,20,23)(H,24,25). The summed E-state index contributed by atoms with van der Waals surface area (Å²) in [7, 11) is 0. The number of nitrogens with one attached hydrogen (secondary N) is 1. The fourth-order valence-corrected chi connectivity index (χ4v) is 2.66. The van der Waals surface area contributed by atoms with Crippen LogP contribution >= 0.6 is 11.6 Å². The molecule has 1 aromatic heterocycles. The predicted molar refractivity (Wildman–Crippen MR) is 95.8 cm³/mol. The van der Waals surface area contributed by atoms with Gasteiger partial charge >= 0.3 is 5.97 Å². The quantitative estimate of drug-likeness (QED) is 0.713.